The van der Waals surface area contributed by atoms with Crippen molar-refractivity contribution < 1.29 is 23.0 Å². The second kappa shape index (κ2) is 7.63. The van der Waals surface area contributed by atoms with Crippen LogP contribution >= 0.6 is 0 Å². The first-order chi connectivity index (χ1) is 13.2. The summed E-state index contributed by atoms with van der Waals surface area (Å²) in [6.07, 6.45) is 9.06. The predicted octanol–water partition coefficient (Wildman–Crippen LogP) is 3.67. The zero-order valence-corrected chi connectivity index (χ0v) is 15.0. The van der Waals surface area contributed by atoms with Crippen LogP contribution in [-0.4, -0.2) is 24.2 Å². The van der Waals surface area contributed by atoms with E-state index in [0.717, 1.165) is 44.8 Å². The van der Waals surface area contributed by atoms with Crippen molar-refractivity contribution in [3.8, 4) is 0 Å². The summed E-state index contributed by atoms with van der Waals surface area (Å²) < 4.78 is 15.4. The molecular formula is C20H14CoN4O2-. The summed E-state index contributed by atoms with van der Waals surface area (Å²) in [5.41, 5.74) is 7.59. The van der Waals surface area contributed by atoms with Crippen molar-refractivity contribution in [3.63, 3.8) is 0 Å². The molecule has 0 saturated carbocycles. The van der Waals surface area contributed by atoms with Crippen LogP contribution in [0.3, 0.4) is 0 Å². The van der Waals surface area contributed by atoms with E-state index in [9.17, 15) is 0 Å². The van der Waals surface area contributed by atoms with Crippen molar-refractivity contribution in [2.24, 2.45) is 0 Å². The van der Waals surface area contributed by atoms with Gasteiger partial charge in [-0.15, -0.1) is 12.1 Å². The summed E-state index contributed by atoms with van der Waals surface area (Å²) in [5, 5.41) is 0. The summed E-state index contributed by atoms with van der Waals surface area (Å²) in [6.45, 7) is 0. The average Bonchev–Trinajstić information content (AvgIpc) is 3.41. The number of aromatic nitrogens is 4. The van der Waals surface area contributed by atoms with Gasteiger partial charge in [-0.3, -0.25) is 4.98 Å². The van der Waals surface area contributed by atoms with Crippen LogP contribution < -0.4 is 0 Å². The van der Waals surface area contributed by atoms with Crippen molar-refractivity contribution in [2.45, 2.75) is 0 Å². The van der Waals surface area contributed by atoms with Crippen LogP contribution in [0.5, 0.6) is 0 Å². The van der Waals surface area contributed by atoms with Gasteiger partial charge >= 0.3 is 23.0 Å². The molecule has 2 aliphatic heterocycles. The Kier molecular flexibility index (Phi) is 4.88. The van der Waals surface area contributed by atoms with Gasteiger partial charge in [-0.2, -0.15) is 6.08 Å². The Morgan fingerprint density at radius 2 is 1.33 bits per heavy atom. The second-order valence-electron chi connectivity index (χ2n) is 5.88. The molecule has 136 valence electrons. The molecule has 2 aliphatic rings. The van der Waals surface area contributed by atoms with E-state index in [4.69, 9.17) is 8.08 Å². The Bertz CT molecular complexity index is 1130. The first-order valence-corrected chi connectivity index (χ1v) is 8.94. The quantitative estimate of drug-likeness (QED) is 0.345. The third kappa shape index (κ3) is 4.17. The van der Waals surface area contributed by atoms with Gasteiger partial charge in [0, 0.05) is 16.6 Å². The number of nitrogens with one attached hydrogen (secondary N) is 2. The molecule has 6 nitrogen and oxygen atoms in total. The molecule has 0 unspecified atom stereocenters. The Labute approximate surface area is 160 Å². The molecule has 0 atom stereocenters. The van der Waals surface area contributed by atoms with E-state index in [0.29, 0.717) is 0 Å². The molecule has 5 rings (SSSR count). The zero-order chi connectivity index (χ0) is 18.6. The summed E-state index contributed by atoms with van der Waals surface area (Å²) in [6, 6.07) is 16.3. The molecule has 0 saturated heterocycles. The van der Waals surface area contributed by atoms with Crippen LogP contribution in [0.2, 0.25) is 0 Å². The molecule has 3 aromatic heterocycles. The van der Waals surface area contributed by atoms with Crippen LogP contribution in [0.25, 0.3) is 40.3 Å². The van der Waals surface area contributed by atoms with Gasteiger partial charge in [0.05, 0.1) is 11.4 Å². The number of fused-ring (bicyclic) bond motifs is 8. The number of hydrogen-bond acceptors (Lipinski definition) is 3. The van der Waals surface area contributed by atoms with E-state index >= 15 is 0 Å². The molecule has 0 aliphatic carbocycles. The molecule has 0 aromatic carbocycles. The minimum atomic E-state index is -0.812. The fourth-order valence-electron chi connectivity index (χ4n) is 2.88. The maximum atomic E-state index is 8.45. The number of rotatable bonds is 0. The molecule has 7 heteroatoms. The van der Waals surface area contributed by atoms with Gasteiger partial charge < -0.3 is 15.0 Å². The summed E-state index contributed by atoms with van der Waals surface area (Å²) in [5.74, 6) is 0. The SMILES string of the molecule is [C-]1=Cc2cc3nc(cc4ccc(cc5ccc(cc1n2)[nH]5)[nH]4)C=C3.[O]=[Co][OH]. The average molecular weight is 401 g/mol. The number of H-pyrrole nitrogens is 2. The summed E-state index contributed by atoms with van der Waals surface area (Å²) >= 11 is -0.812. The Balaban J connectivity index is 0.000000565. The topological polar surface area (TPSA) is 94.7 Å². The second-order valence-corrected chi connectivity index (χ2v) is 6.07. The number of aromatic amines is 2. The predicted molar refractivity (Wildman–Crippen MR) is 99.6 cm³/mol. The van der Waals surface area contributed by atoms with Crippen LogP contribution in [0, 0.1) is 6.08 Å². The van der Waals surface area contributed by atoms with E-state index in [1.54, 1.807) is 0 Å². The molecule has 5 heterocycles. The van der Waals surface area contributed by atoms with E-state index in [1.807, 2.05) is 42.5 Å². The molecule has 0 radical (unpaired) electrons. The standard InChI is InChI=1S/C20H13N4.Co.H2O.O/c1-2-14-10-16-5-6-18(23-16)12-20-8-7-19(24-20)11-17-4-3-15(22-17)9-13(1)21-14;;;/h1-7,9-12,21,23H;;1H2;/q-1;+1;;/p-1. The van der Waals surface area contributed by atoms with Gasteiger partial charge in [-0.25, -0.2) is 0 Å². The van der Waals surface area contributed by atoms with E-state index in [2.05, 4.69) is 50.3 Å². The maximum absolute atomic E-state index is 8.45. The molecule has 0 amide bonds. The van der Waals surface area contributed by atoms with Crippen LogP contribution in [0.4, 0.5) is 0 Å². The van der Waals surface area contributed by atoms with Crippen molar-refractivity contribution in [3.05, 3.63) is 77.4 Å². The third-order valence-electron chi connectivity index (χ3n) is 3.97. The summed E-state index contributed by atoms with van der Waals surface area (Å²) in [4.78, 5) is 15.9. The van der Waals surface area contributed by atoms with Gasteiger partial charge in [0.15, 0.2) is 0 Å². The fourth-order valence-corrected chi connectivity index (χ4v) is 2.88. The van der Waals surface area contributed by atoms with Crippen molar-refractivity contribution in [1.82, 2.24) is 19.9 Å². The Hall–Kier alpha value is -3.13. The zero-order valence-electron chi connectivity index (χ0n) is 13.9. The van der Waals surface area contributed by atoms with Gasteiger partial charge in [0.25, 0.3) is 0 Å². The number of nitrogens with zero attached hydrogens (tertiary/aromatic N) is 2. The van der Waals surface area contributed by atoms with E-state index < -0.39 is 15.0 Å². The van der Waals surface area contributed by atoms with Crippen LogP contribution in [-0.2, 0) is 18.8 Å². The Morgan fingerprint density at radius 3 is 2.00 bits per heavy atom. The van der Waals surface area contributed by atoms with Crippen molar-refractivity contribution in [1.29, 1.82) is 0 Å². The number of hydrogen-bond donors (Lipinski definition) is 3. The molecule has 0 spiro atoms. The molecule has 8 bridgehead atoms. The van der Waals surface area contributed by atoms with Gasteiger partial charge in [-0.1, -0.05) is 11.8 Å². The van der Waals surface area contributed by atoms with Crippen LogP contribution in [0.15, 0.2) is 48.5 Å². The van der Waals surface area contributed by atoms with Gasteiger partial charge in [0.1, 0.15) is 0 Å². The molecular weight excluding hydrogens is 387 g/mol. The summed E-state index contributed by atoms with van der Waals surface area (Å²) in [7, 11) is 0. The first-order valence-electron chi connectivity index (χ1n) is 8.05. The Morgan fingerprint density at radius 1 is 0.778 bits per heavy atom. The van der Waals surface area contributed by atoms with Crippen molar-refractivity contribution in [2.75, 3.05) is 0 Å². The van der Waals surface area contributed by atoms with Gasteiger partial charge in [0.2, 0.25) is 0 Å². The minimum absolute atomic E-state index is 0.808. The fraction of sp³-hybridized carbons (Fsp3) is 0. The first kappa shape index (κ1) is 17.3. The molecule has 0 fully saturated rings. The van der Waals surface area contributed by atoms with E-state index in [-0.39, 0.29) is 0 Å². The molecule has 3 aromatic rings. The third-order valence-corrected chi connectivity index (χ3v) is 3.97. The van der Waals surface area contributed by atoms with Crippen molar-refractivity contribution >= 4 is 40.3 Å². The molecule has 3 N–H and O–H groups in total. The van der Waals surface area contributed by atoms with Gasteiger partial charge in [-0.05, 0) is 59.8 Å². The van der Waals surface area contributed by atoms with Crippen LogP contribution in [0.1, 0.15) is 22.8 Å². The van der Waals surface area contributed by atoms with E-state index in [1.165, 1.54) is 0 Å². The normalized spacial score (nSPS) is 12.0. The molecule has 27 heavy (non-hydrogen) atoms. The monoisotopic (exact) mass is 401 g/mol.